The molecule has 0 atom stereocenters. The molecule has 0 fully saturated rings. The number of benzene rings is 4. The van der Waals surface area contributed by atoms with Gasteiger partial charge in [0.25, 0.3) is 5.91 Å². The molecule has 0 spiro atoms. The summed E-state index contributed by atoms with van der Waals surface area (Å²) in [6.45, 7) is 0. The van der Waals surface area contributed by atoms with Crippen LogP contribution in [0, 0.1) is 0 Å². The average Bonchev–Trinajstić information content (AvgIpc) is 2.78. The summed E-state index contributed by atoms with van der Waals surface area (Å²) in [5.41, 5.74) is 3.90. The number of nitrogens with zero attached hydrogens (tertiary/aromatic N) is 1. The maximum Gasteiger partial charge on any atom is 0.345 e. The Morgan fingerprint density at radius 2 is 1.62 bits per heavy atom. The molecule has 0 aliphatic heterocycles. The molecule has 0 heterocycles. The molecule has 0 bridgehead atoms. The molecule has 4 aromatic carbocycles. The van der Waals surface area contributed by atoms with Gasteiger partial charge in [0.2, 0.25) is 0 Å². The molecule has 0 saturated carbocycles. The van der Waals surface area contributed by atoms with E-state index in [0.29, 0.717) is 21.9 Å². The quantitative estimate of drug-likeness (QED) is 0.168. The minimum absolute atomic E-state index is 0.205. The fraction of sp³-hybridized carbons (Fsp3) is 0. The molecule has 158 valence electrons. The zero-order chi connectivity index (χ0) is 22.5. The lowest BCUT2D eigenvalue weighted by molar-refractivity contribution is 0.0734. The van der Waals surface area contributed by atoms with Crippen molar-refractivity contribution in [3.8, 4) is 5.75 Å². The number of ether oxygens (including phenoxy) is 1. The first-order chi connectivity index (χ1) is 15.5. The van der Waals surface area contributed by atoms with Crippen molar-refractivity contribution in [2.24, 2.45) is 5.10 Å². The van der Waals surface area contributed by atoms with Gasteiger partial charge in [-0.25, -0.2) is 10.2 Å². The monoisotopic (exact) mass is 462 g/mol. The number of carbonyl (C=O) groups excluding carboxylic acids is 2. The van der Waals surface area contributed by atoms with E-state index in [1.807, 2.05) is 36.4 Å². The first-order valence-corrected chi connectivity index (χ1v) is 10.4. The van der Waals surface area contributed by atoms with Crippen LogP contribution in [0.2, 0.25) is 10.0 Å². The average molecular weight is 463 g/mol. The number of rotatable bonds is 5. The normalized spacial score (nSPS) is 10.9. The van der Waals surface area contributed by atoms with Crippen molar-refractivity contribution in [3.05, 3.63) is 112 Å². The summed E-state index contributed by atoms with van der Waals surface area (Å²) in [6, 6.07) is 24.4. The highest BCUT2D eigenvalue weighted by molar-refractivity contribution is 6.36. The van der Waals surface area contributed by atoms with Crippen LogP contribution in [0.4, 0.5) is 0 Å². The molecule has 0 aliphatic carbocycles. The summed E-state index contributed by atoms with van der Waals surface area (Å²) in [6.07, 6.45) is 1.47. The van der Waals surface area contributed by atoms with Crippen molar-refractivity contribution in [1.29, 1.82) is 0 Å². The molecule has 1 amide bonds. The lowest BCUT2D eigenvalue weighted by Crippen LogP contribution is -2.17. The van der Waals surface area contributed by atoms with Gasteiger partial charge in [-0.15, -0.1) is 0 Å². The predicted octanol–water partition coefficient (Wildman–Crippen LogP) is 6.13. The van der Waals surface area contributed by atoms with Gasteiger partial charge in [-0.1, -0.05) is 71.7 Å². The highest BCUT2D eigenvalue weighted by atomic mass is 35.5. The van der Waals surface area contributed by atoms with E-state index in [1.54, 1.807) is 36.4 Å². The van der Waals surface area contributed by atoms with Crippen molar-refractivity contribution < 1.29 is 14.3 Å². The number of halogens is 2. The third-order valence-corrected chi connectivity index (χ3v) is 5.18. The predicted molar refractivity (Wildman–Crippen MR) is 127 cm³/mol. The largest absolute Gasteiger partial charge is 0.423 e. The number of hydrogen-bond donors (Lipinski definition) is 1. The number of hydrazone groups is 1. The van der Waals surface area contributed by atoms with Crippen LogP contribution in [0.3, 0.4) is 0 Å². The van der Waals surface area contributed by atoms with Crippen LogP contribution in [-0.4, -0.2) is 18.1 Å². The van der Waals surface area contributed by atoms with Crippen LogP contribution in [-0.2, 0) is 0 Å². The van der Waals surface area contributed by atoms with Gasteiger partial charge in [0.1, 0.15) is 5.75 Å². The SMILES string of the molecule is O=C(Oc1cccc(/C=N/NC(=O)c2cccc3ccccc23)c1)c1ccc(Cl)cc1Cl. The Bertz CT molecular complexity index is 1350. The van der Waals surface area contributed by atoms with Gasteiger partial charge in [0, 0.05) is 10.6 Å². The van der Waals surface area contributed by atoms with Crippen LogP contribution in [0.1, 0.15) is 26.3 Å². The van der Waals surface area contributed by atoms with Crippen LogP contribution in [0.25, 0.3) is 10.8 Å². The number of amides is 1. The fourth-order valence-electron chi connectivity index (χ4n) is 3.12. The first-order valence-electron chi connectivity index (χ1n) is 9.60. The molecule has 1 N–H and O–H groups in total. The Morgan fingerprint density at radius 1 is 0.844 bits per heavy atom. The molecular weight excluding hydrogens is 447 g/mol. The molecule has 4 rings (SSSR count). The maximum absolute atomic E-state index is 12.6. The van der Waals surface area contributed by atoms with Crippen molar-refractivity contribution in [2.45, 2.75) is 0 Å². The van der Waals surface area contributed by atoms with Gasteiger partial charge in [-0.2, -0.15) is 5.10 Å². The summed E-state index contributed by atoms with van der Waals surface area (Å²) in [5.74, 6) is -0.617. The highest BCUT2D eigenvalue weighted by Crippen LogP contribution is 2.23. The third kappa shape index (κ3) is 4.97. The summed E-state index contributed by atoms with van der Waals surface area (Å²) >= 11 is 11.9. The zero-order valence-electron chi connectivity index (χ0n) is 16.6. The van der Waals surface area contributed by atoms with Crippen molar-refractivity contribution >= 4 is 52.1 Å². The molecule has 0 aromatic heterocycles. The third-order valence-electron chi connectivity index (χ3n) is 4.63. The fourth-order valence-corrected chi connectivity index (χ4v) is 3.61. The second kappa shape index (κ2) is 9.64. The van der Waals surface area contributed by atoms with E-state index in [4.69, 9.17) is 27.9 Å². The highest BCUT2D eigenvalue weighted by Gasteiger charge is 2.13. The summed E-state index contributed by atoms with van der Waals surface area (Å²) in [5, 5.41) is 6.47. The minimum Gasteiger partial charge on any atom is -0.423 e. The lowest BCUT2D eigenvalue weighted by Gasteiger charge is -2.07. The van der Waals surface area contributed by atoms with Crippen molar-refractivity contribution in [2.75, 3.05) is 0 Å². The molecule has 7 heteroatoms. The van der Waals surface area contributed by atoms with Crippen molar-refractivity contribution in [1.82, 2.24) is 5.43 Å². The maximum atomic E-state index is 12.6. The number of carbonyl (C=O) groups is 2. The molecule has 0 saturated heterocycles. The van der Waals surface area contributed by atoms with Gasteiger partial charge >= 0.3 is 5.97 Å². The molecule has 0 aliphatic rings. The Balaban J connectivity index is 1.44. The molecule has 5 nitrogen and oxygen atoms in total. The van der Waals surface area contributed by atoms with Gasteiger partial charge in [-0.05, 0) is 52.7 Å². The number of fused-ring (bicyclic) bond motifs is 1. The zero-order valence-corrected chi connectivity index (χ0v) is 18.1. The molecule has 4 aromatic rings. The molecule has 0 unspecified atom stereocenters. The standard InChI is InChI=1S/C25H16Cl2N2O3/c26-18-11-12-22(23(27)14-18)25(31)32-19-8-3-5-16(13-19)15-28-29-24(30)21-10-4-7-17-6-1-2-9-20(17)21/h1-15H,(H,29,30)/b28-15+. The van der Waals surface area contributed by atoms with Crippen LogP contribution in [0.5, 0.6) is 5.75 Å². The molecular formula is C25H16Cl2N2O3. The van der Waals surface area contributed by atoms with Gasteiger partial charge < -0.3 is 4.74 Å². The lowest BCUT2D eigenvalue weighted by atomic mass is 10.0. The van der Waals surface area contributed by atoms with E-state index in [9.17, 15) is 9.59 Å². The van der Waals surface area contributed by atoms with Gasteiger partial charge in [-0.3, -0.25) is 4.79 Å². The summed E-state index contributed by atoms with van der Waals surface area (Å²) < 4.78 is 5.39. The van der Waals surface area contributed by atoms with Gasteiger partial charge in [0.15, 0.2) is 0 Å². The second-order valence-electron chi connectivity index (χ2n) is 6.81. The Labute approximate surface area is 194 Å². The van der Waals surface area contributed by atoms with Crippen molar-refractivity contribution in [3.63, 3.8) is 0 Å². The Morgan fingerprint density at radius 3 is 2.47 bits per heavy atom. The van der Waals surface area contributed by atoms with E-state index in [-0.39, 0.29) is 16.5 Å². The Hall–Kier alpha value is -3.67. The van der Waals surface area contributed by atoms with E-state index in [1.165, 1.54) is 18.3 Å². The van der Waals surface area contributed by atoms with E-state index in [0.717, 1.165) is 10.8 Å². The van der Waals surface area contributed by atoms with Gasteiger partial charge in [0.05, 0.1) is 16.8 Å². The van der Waals surface area contributed by atoms with E-state index < -0.39 is 5.97 Å². The summed E-state index contributed by atoms with van der Waals surface area (Å²) in [7, 11) is 0. The summed E-state index contributed by atoms with van der Waals surface area (Å²) in [4.78, 5) is 24.9. The van der Waals surface area contributed by atoms with Crippen LogP contribution >= 0.6 is 23.2 Å². The number of hydrogen-bond acceptors (Lipinski definition) is 4. The molecule has 0 radical (unpaired) electrons. The topological polar surface area (TPSA) is 67.8 Å². The Kier molecular flexibility index (Phi) is 6.50. The van der Waals surface area contributed by atoms with Crippen LogP contribution in [0.15, 0.2) is 90.0 Å². The second-order valence-corrected chi connectivity index (χ2v) is 7.66. The van der Waals surface area contributed by atoms with Crippen LogP contribution < -0.4 is 10.2 Å². The number of nitrogens with one attached hydrogen (secondary N) is 1. The van der Waals surface area contributed by atoms with E-state index >= 15 is 0 Å². The first kappa shape index (κ1) is 21.6. The van der Waals surface area contributed by atoms with E-state index in [2.05, 4.69) is 10.5 Å². The smallest absolute Gasteiger partial charge is 0.345 e. The minimum atomic E-state index is -0.606. The number of esters is 1. The molecule has 32 heavy (non-hydrogen) atoms.